The van der Waals surface area contributed by atoms with E-state index < -0.39 is 0 Å². The monoisotopic (exact) mass is 620 g/mol. The Morgan fingerprint density at radius 3 is 1.15 bits per heavy atom. The summed E-state index contributed by atoms with van der Waals surface area (Å²) in [6.07, 6.45) is -0.0995. The van der Waals surface area contributed by atoms with E-state index in [0.29, 0.717) is 22.6 Å². The second-order valence-corrected chi connectivity index (χ2v) is 11.0. The molecule has 0 fully saturated rings. The maximum atomic E-state index is 13.5. The van der Waals surface area contributed by atoms with Gasteiger partial charge in [0.05, 0.1) is 11.1 Å². The molecule has 0 saturated heterocycles. The van der Waals surface area contributed by atoms with Crippen LogP contribution in [0.2, 0.25) is 0 Å². The molecule has 0 saturated carbocycles. The summed E-state index contributed by atoms with van der Waals surface area (Å²) in [6, 6.07) is 42.9. The molecule has 0 atom stereocenters. The van der Waals surface area contributed by atoms with Gasteiger partial charge in [-0.05, 0) is 35.4 Å². The molecule has 0 bridgehead atoms. The maximum absolute atomic E-state index is 13.5. The summed E-state index contributed by atoms with van der Waals surface area (Å²) in [6.45, 7) is 0.407. The van der Waals surface area contributed by atoms with Gasteiger partial charge in [-0.1, -0.05) is 121 Å². The number of rotatable bonds is 12. The summed E-state index contributed by atoms with van der Waals surface area (Å²) in [4.78, 5) is 27.1. The van der Waals surface area contributed by atoms with Crippen molar-refractivity contribution in [3.05, 3.63) is 190 Å². The molecule has 6 aromatic carbocycles. The third kappa shape index (κ3) is 7.08. The molecular formula is C41H32O6. The summed E-state index contributed by atoms with van der Waals surface area (Å²) in [5, 5.41) is 23.4. The average molecular weight is 621 g/mol. The second-order valence-electron chi connectivity index (χ2n) is 11.0. The number of phenols is 2. The van der Waals surface area contributed by atoms with Gasteiger partial charge in [0.25, 0.3) is 0 Å². The molecule has 6 nitrogen and oxygen atoms in total. The summed E-state index contributed by atoms with van der Waals surface area (Å²) < 4.78 is 12.4. The molecule has 232 valence electrons. The number of ether oxygens (including phenoxy) is 2. The lowest BCUT2D eigenvalue weighted by molar-refractivity contribution is 0.102. The van der Waals surface area contributed by atoms with Gasteiger partial charge in [-0.3, -0.25) is 9.59 Å². The van der Waals surface area contributed by atoms with Crippen molar-refractivity contribution in [2.24, 2.45) is 0 Å². The quantitative estimate of drug-likeness (QED) is 0.134. The molecule has 0 spiro atoms. The average Bonchev–Trinajstić information content (AvgIpc) is 3.13. The van der Waals surface area contributed by atoms with Crippen LogP contribution in [0, 0.1) is 0 Å². The number of ketones is 2. The van der Waals surface area contributed by atoms with Gasteiger partial charge in [0.2, 0.25) is 0 Å². The zero-order chi connectivity index (χ0) is 32.6. The third-order valence-corrected chi connectivity index (χ3v) is 7.87. The predicted octanol–water partition coefficient (Wildman–Crippen LogP) is 8.31. The van der Waals surface area contributed by atoms with Gasteiger partial charge >= 0.3 is 0 Å². The molecule has 0 unspecified atom stereocenters. The Labute approximate surface area is 273 Å². The molecule has 0 radical (unpaired) electrons. The molecule has 6 aromatic rings. The fourth-order valence-electron chi connectivity index (χ4n) is 5.35. The first-order chi connectivity index (χ1) is 23.0. The van der Waals surface area contributed by atoms with E-state index in [1.807, 2.05) is 72.8 Å². The predicted molar refractivity (Wildman–Crippen MR) is 180 cm³/mol. The molecule has 2 N–H and O–H groups in total. The van der Waals surface area contributed by atoms with Crippen molar-refractivity contribution in [3.63, 3.8) is 0 Å². The first kappa shape index (κ1) is 30.9. The summed E-state index contributed by atoms with van der Waals surface area (Å²) in [5.74, 6) is -0.642. The van der Waals surface area contributed by atoms with Crippen molar-refractivity contribution in [3.8, 4) is 23.0 Å². The fourth-order valence-corrected chi connectivity index (χ4v) is 5.35. The van der Waals surface area contributed by atoms with Crippen molar-refractivity contribution >= 4 is 11.6 Å². The van der Waals surface area contributed by atoms with Crippen molar-refractivity contribution in [1.29, 1.82) is 0 Å². The largest absolute Gasteiger partial charge is 0.507 e. The standard InChI is InChI=1S/C41H32O6/c42-38(30-17-9-3-10-18-30)32-21-23-36(46-26-28-13-5-1-6-14-28)34(40(32)44)25-35-37(47-27-29-15-7-2-8-16-29)24-22-33(41(35)45)39(43)31-19-11-4-12-20-31/h1-24,44-45H,25-27H2. The Morgan fingerprint density at radius 1 is 0.447 bits per heavy atom. The van der Waals surface area contributed by atoms with Gasteiger partial charge in [0.15, 0.2) is 11.6 Å². The molecule has 47 heavy (non-hydrogen) atoms. The van der Waals surface area contributed by atoms with Crippen LogP contribution in [0.4, 0.5) is 0 Å². The zero-order valence-electron chi connectivity index (χ0n) is 25.5. The Bertz CT molecular complexity index is 1840. The number of phenolic OH excluding ortho intramolecular Hbond substituents is 2. The first-order valence-corrected chi connectivity index (χ1v) is 15.2. The van der Waals surface area contributed by atoms with Crippen LogP contribution in [-0.2, 0) is 19.6 Å². The van der Waals surface area contributed by atoms with Crippen LogP contribution < -0.4 is 9.47 Å². The van der Waals surface area contributed by atoms with E-state index in [9.17, 15) is 19.8 Å². The lowest BCUT2D eigenvalue weighted by Gasteiger charge is -2.19. The molecule has 0 aliphatic carbocycles. The smallest absolute Gasteiger partial charge is 0.196 e. The normalized spacial score (nSPS) is 10.7. The highest BCUT2D eigenvalue weighted by molar-refractivity contribution is 6.12. The van der Waals surface area contributed by atoms with E-state index in [1.165, 1.54) is 12.1 Å². The van der Waals surface area contributed by atoms with Crippen LogP contribution in [0.25, 0.3) is 0 Å². The minimum absolute atomic E-state index is 0.0843. The molecule has 0 heterocycles. The van der Waals surface area contributed by atoms with Gasteiger partial charge in [0, 0.05) is 28.7 Å². The first-order valence-electron chi connectivity index (χ1n) is 15.2. The Morgan fingerprint density at radius 2 is 0.787 bits per heavy atom. The highest BCUT2D eigenvalue weighted by atomic mass is 16.5. The number of benzene rings is 6. The van der Waals surface area contributed by atoms with E-state index in [2.05, 4.69) is 0 Å². The summed E-state index contributed by atoms with van der Waals surface area (Å²) >= 11 is 0. The van der Waals surface area contributed by atoms with Crippen molar-refractivity contribution < 1.29 is 29.3 Å². The Kier molecular flexibility index (Phi) is 9.40. The summed E-state index contributed by atoms with van der Waals surface area (Å²) in [5.41, 5.74) is 3.36. The minimum atomic E-state index is -0.364. The van der Waals surface area contributed by atoms with Gasteiger partial charge in [-0.2, -0.15) is 0 Å². The van der Waals surface area contributed by atoms with Crippen LogP contribution in [0.1, 0.15) is 54.1 Å². The second kappa shape index (κ2) is 14.3. The Balaban J connectivity index is 1.45. The number of aromatic hydroxyl groups is 2. The molecule has 0 amide bonds. The number of hydrogen-bond acceptors (Lipinski definition) is 6. The maximum Gasteiger partial charge on any atom is 0.196 e. The number of carbonyl (C=O) groups is 2. The van der Waals surface area contributed by atoms with E-state index in [-0.39, 0.29) is 65.0 Å². The van der Waals surface area contributed by atoms with Crippen LogP contribution >= 0.6 is 0 Å². The van der Waals surface area contributed by atoms with Crippen molar-refractivity contribution in [2.45, 2.75) is 19.6 Å². The lowest BCUT2D eigenvalue weighted by atomic mass is 9.93. The van der Waals surface area contributed by atoms with E-state index in [0.717, 1.165) is 11.1 Å². The van der Waals surface area contributed by atoms with Crippen LogP contribution in [0.3, 0.4) is 0 Å². The molecule has 6 rings (SSSR count). The molecule has 0 aliphatic heterocycles. The topological polar surface area (TPSA) is 93.1 Å². The fraction of sp³-hybridized carbons (Fsp3) is 0.0732. The Hall–Kier alpha value is -6.14. The molecular weight excluding hydrogens is 588 g/mol. The van der Waals surface area contributed by atoms with Crippen LogP contribution in [0.15, 0.2) is 146 Å². The lowest BCUT2D eigenvalue weighted by Crippen LogP contribution is -2.08. The van der Waals surface area contributed by atoms with E-state index in [1.54, 1.807) is 60.7 Å². The van der Waals surface area contributed by atoms with Gasteiger partial charge < -0.3 is 19.7 Å². The van der Waals surface area contributed by atoms with Gasteiger partial charge in [-0.25, -0.2) is 0 Å². The molecule has 6 heteroatoms. The van der Waals surface area contributed by atoms with Crippen molar-refractivity contribution in [1.82, 2.24) is 0 Å². The zero-order valence-corrected chi connectivity index (χ0v) is 25.5. The summed E-state index contributed by atoms with van der Waals surface area (Å²) in [7, 11) is 0. The van der Waals surface area contributed by atoms with Crippen molar-refractivity contribution in [2.75, 3.05) is 0 Å². The van der Waals surface area contributed by atoms with Crippen LogP contribution in [0.5, 0.6) is 23.0 Å². The third-order valence-electron chi connectivity index (χ3n) is 7.87. The van der Waals surface area contributed by atoms with Gasteiger partial charge in [-0.15, -0.1) is 0 Å². The molecule has 0 aliphatic rings. The highest BCUT2D eigenvalue weighted by Gasteiger charge is 2.25. The highest BCUT2D eigenvalue weighted by Crippen LogP contribution is 2.41. The number of carbonyl (C=O) groups excluding carboxylic acids is 2. The molecule has 0 aromatic heterocycles. The van der Waals surface area contributed by atoms with E-state index >= 15 is 0 Å². The minimum Gasteiger partial charge on any atom is -0.507 e. The van der Waals surface area contributed by atoms with Crippen LogP contribution in [-0.4, -0.2) is 21.8 Å². The number of hydrogen-bond donors (Lipinski definition) is 2. The van der Waals surface area contributed by atoms with E-state index in [4.69, 9.17) is 9.47 Å². The van der Waals surface area contributed by atoms with Gasteiger partial charge in [0.1, 0.15) is 36.2 Å². The SMILES string of the molecule is O=C(c1ccccc1)c1ccc(OCc2ccccc2)c(Cc2c(OCc3ccccc3)ccc(C(=O)c3ccccc3)c2O)c1O.